The Morgan fingerprint density at radius 3 is 2.61 bits per heavy atom. The van der Waals surface area contributed by atoms with Crippen molar-refractivity contribution in [2.45, 2.75) is 24.5 Å². The van der Waals surface area contributed by atoms with E-state index >= 15 is 0 Å². The number of nitrogens with one attached hydrogen (secondary N) is 1. The number of hydrogen-bond acceptors (Lipinski definition) is 6. The number of hydrogen-bond donors (Lipinski definition) is 4. The number of aromatic nitrogens is 2. The van der Waals surface area contributed by atoms with Crippen LogP contribution in [0.4, 0.5) is 4.39 Å². The van der Waals surface area contributed by atoms with E-state index < -0.39 is 48.2 Å². The molecule has 1 aromatic heterocycles. The normalized spacial score (nSPS) is 31.8. The molecule has 0 aromatic carbocycles. The molecular weight excluding hydrogens is 251 g/mol. The first-order valence-electron chi connectivity index (χ1n) is 5.09. The van der Waals surface area contributed by atoms with E-state index in [4.69, 9.17) is 9.84 Å². The highest BCUT2D eigenvalue weighted by molar-refractivity contribution is 4.94. The molecule has 1 saturated heterocycles. The largest absolute Gasteiger partial charge is 0.394 e. The van der Waals surface area contributed by atoms with Gasteiger partial charge in [0.1, 0.15) is 18.3 Å². The third kappa shape index (κ3) is 1.97. The lowest BCUT2D eigenvalue weighted by molar-refractivity contribution is -0.0554. The molecule has 2 unspecified atom stereocenters. The molecule has 1 aromatic rings. The number of aromatic amines is 1. The van der Waals surface area contributed by atoms with Gasteiger partial charge in [-0.15, -0.1) is 0 Å². The molecule has 0 amide bonds. The van der Waals surface area contributed by atoms with Gasteiger partial charge in [0.2, 0.25) is 5.82 Å². The molecule has 1 fully saturated rings. The molecule has 0 spiro atoms. The molecule has 0 bridgehead atoms. The molecule has 18 heavy (non-hydrogen) atoms. The van der Waals surface area contributed by atoms with Crippen LogP contribution in [-0.2, 0) is 4.74 Å². The second-order valence-electron chi connectivity index (χ2n) is 3.87. The van der Waals surface area contributed by atoms with Gasteiger partial charge in [-0.1, -0.05) is 0 Å². The number of aliphatic hydroxyl groups excluding tert-OH is 3. The predicted octanol–water partition coefficient (Wildman–Crippen LogP) is -2.71. The molecular formula is C9H11FN2O6. The molecule has 9 heteroatoms. The topological polar surface area (TPSA) is 125 Å². The highest BCUT2D eigenvalue weighted by Gasteiger charge is 2.43. The Morgan fingerprint density at radius 1 is 1.39 bits per heavy atom. The SMILES string of the molecule is O=c1[nH]c(=O)n([C@@H]2O[C@H](CO)C(O)C2O)cc1F. The van der Waals surface area contributed by atoms with Crippen LogP contribution in [-0.4, -0.2) is 49.8 Å². The van der Waals surface area contributed by atoms with Crippen molar-refractivity contribution in [1.82, 2.24) is 9.55 Å². The Labute approximate surface area is 98.9 Å². The summed E-state index contributed by atoms with van der Waals surface area (Å²) in [6, 6.07) is 0. The summed E-state index contributed by atoms with van der Waals surface area (Å²) in [5.41, 5.74) is -2.18. The maximum Gasteiger partial charge on any atom is 0.330 e. The zero-order valence-electron chi connectivity index (χ0n) is 8.99. The van der Waals surface area contributed by atoms with Gasteiger partial charge in [-0.2, -0.15) is 4.39 Å². The van der Waals surface area contributed by atoms with Gasteiger partial charge in [-0.3, -0.25) is 14.3 Å². The summed E-state index contributed by atoms with van der Waals surface area (Å²) in [5.74, 6) is -1.23. The molecule has 4 atom stereocenters. The van der Waals surface area contributed by atoms with E-state index in [2.05, 4.69) is 0 Å². The minimum absolute atomic E-state index is 0.571. The van der Waals surface area contributed by atoms with Gasteiger partial charge in [0.25, 0.3) is 5.56 Å². The van der Waals surface area contributed by atoms with E-state index in [1.807, 2.05) is 0 Å². The minimum atomic E-state index is -1.52. The van der Waals surface area contributed by atoms with E-state index in [1.165, 1.54) is 0 Å². The molecule has 0 radical (unpaired) electrons. The zero-order valence-corrected chi connectivity index (χ0v) is 8.99. The fourth-order valence-electron chi connectivity index (χ4n) is 1.76. The Balaban J connectivity index is 2.42. The van der Waals surface area contributed by atoms with Gasteiger partial charge in [0.15, 0.2) is 6.23 Å². The van der Waals surface area contributed by atoms with Gasteiger partial charge in [-0.25, -0.2) is 4.79 Å². The highest BCUT2D eigenvalue weighted by atomic mass is 19.1. The summed E-state index contributed by atoms with van der Waals surface area (Å²) in [5, 5.41) is 28.0. The van der Waals surface area contributed by atoms with Crippen LogP contribution in [0.15, 0.2) is 15.8 Å². The maximum absolute atomic E-state index is 13.1. The number of rotatable bonds is 2. The standard InChI is InChI=1S/C9H11FN2O6/c10-3-1-12(9(17)11-7(3)16)8-6(15)5(14)4(2-13)18-8/h1,4-6,8,13-15H,2H2,(H,11,16,17)/t4-,5?,6?,8-/m1/s1. The first kappa shape index (κ1) is 12.9. The monoisotopic (exact) mass is 262 g/mol. The first-order valence-corrected chi connectivity index (χ1v) is 5.09. The van der Waals surface area contributed by atoms with E-state index in [9.17, 15) is 24.2 Å². The first-order chi connectivity index (χ1) is 8.45. The molecule has 4 N–H and O–H groups in total. The van der Waals surface area contributed by atoms with Crippen LogP contribution < -0.4 is 11.2 Å². The molecule has 2 rings (SSSR count). The van der Waals surface area contributed by atoms with Crippen LogP contribution in [0.25, 0.3) is 0 Å². The summed E-state index contributed by atoms with van der Waals surface area (Å²) < 4.78 is 18.7. The molecule has 1 aliphatic heterocycles. The molecule has 0 aliphatic carbocycles. The van der Waals surface area contributed by atoms with Gasteiger partial charge < -0.3 is 20.1 Å². The summed E-state index contributed by atoms with van der Waals surface area (Å²) in [6.45, 7) is -0.574. The molecule has 8 nitrogen and oxygen atoms in total. The van der Waals surface area contributed by atoms with Crippen molar-refractivity contribution >= 4 is 0 Å². The van der Waals surface area contributed by atoms with E-state index in [0.29, 0.717) is 10.8 Å². The lowest BCUT2D eigenvalue weighted by Gasteiger charge is -2.16. The summed E-state index contributed by atoms with van der Waals surface area (Å²) in [7, 11) is 0. The lowest BCUT2D eigenvalue weighted by Crippen LogP contribution is -2.38. The highest BCUT2D eigenvalue weighted by Crippen LogP contribution is 2.27. The van der Waals surface area contributed by atoms with E-state index in [1.54, 1.807) is 4.98 Å². The Bertz CT molecular complexity index is 555. The Morgan fingerprint density at radius 2 is 2.06 bits per heavy atom. The van der Waals surface area contributed by atoms with E-state index in [0.717, 1.165) is 0 Å². The second-order valence-corrected chi connectivity index (χ2v) is 3.87. The number of nitrogens with zero attached hydrogens (tertiary/aromatic N) is 1. The van der Waals surface area contributed by atoms with Crippen LogP contribution in [0.3, 0.4) is 0 Å². The smallest absolute Gasteiger partial charge is 0.330 e. The fourth-order valence-corrected chi connectivity index (χ4v) is 1.76. The van der Waals surface area contributed by atoms with Crippen LogP contribution >= 0.6 is 0 Å². The predicted molar refractivity (Wildman–Crippen MR) is 54.3 cm³/mol. The van der Waals surface area contributed by atoms with Crippen molar-refractivity contribution in [2.75, 3.05) is 6.61 Å². The zero-order chi connectivity index (χ0) is 13.4. The quantitative estimate of drug-likeness (QED) is 0.459. The lowest BCUT2D eigenvalue weighted by atomic mass is 10.1. The average Bonchev–Trinajstić information content (AvgIpc) is 2.61. The van der Waals surface area contributed by atoms with Gasteiger partial charge in [0.05, 0.1) is 12.8 Å². The summed E-state index contributed by atoms with van der Waals surface area (Å²) in [6.07, 6.45) is -4.84. The molecule has 100 valence electrons. The fraction of sp³-hybridized carbons (Fsp3) is 0.556. The maximum atomic E-state index is 13.1. The van der Waals surface area contributed by atoms with Crippen LogP contribution in [0.2, 0.25) is 0 Å². The number of ether oxygens (including phenoxy) is 1. The minimum Gasteiger partial charge on any atom is -0.394 e. The number of H-pyrrole nitrogens is 1. The third-order valence-electron chi connectivity index (χ3n) is 2.72. The van der Waals surface area contributed by atoms with Crippen LogP contribution in [0.1, 0.15) is 6.23 Å². The van der Waals surface area contributed by atoms with Crippen molar-refractivity contribution in [2.24, 2.45) is 0 Å². The van der Waals surface area contributed by atoms with E-state index in [-0.39, 0.29) is 0 Å². The van der Waals surface area contributed by atoms with Crippen molar-refractivity contribution in [3.63, 3.8) is 0 Å². The van der Waals surface area contributed by atoms with Gasteiger partial charge in [-0.05, 0) is 0 Å². The molecule has 0 saturated carbocycles. The number of aliphatic hydroxyl groups is 3. The third-order valence-corrected chi connectivity index (χ3v) is 2.72. The number of halogens is 1. The van der Waals surface area contributed by atoms with Crippen molar-refractivity contribution in [1.29, 1.82) is 0 Å². The Kier molecular flexibility index (Phi) is 3.30. The molecule has 1 aliphatic rings. The molecule has 2 heterocycles. The van der Waals surface area contributed by atoms with Crippen molar-refractivity contribution < 1.29 is 24.4 Å². The van der Waals surface area contributed by atoms with Gasteiger partial charge in [0, 0.05) is 0 Å². The second kappa shape index (κ2) is 4.61. The van der Waals surface area contributed by atoms with Gasteiger partial charge >= 0.3 is 5.69 Å². The average molecular weight is 262 g/mol. The van der Waals surface area contributed by atoms with Crippen molar-refractivity contribution in [3.05, 3.63) is 32.9 Å². The Hall–Kier alpha value is -1.55. The van der Waals surface area contributed by atoms with Crippen LogP contribution in [0, 0.1) is 5.82 Å². The summed E-state index contributed by atoms with van der Waals surface area (Å²) >= 11 is 0. The van der Waals surface area contributed by atoms with Crippen LogP contribution in [0.5, 0.6) is 0 Å². The van der Waals surface area contributed by atoms with Crippen molar-refractivity contribution in [3.8, 4) is 0 Å². The summed E-state index contributed by atoms with van der Waals surface area (Å²) in [4.78, 5) is 24.0.